The first-order valence-electron chi connectivity index (χ1n) is 13.4. The smallest absolute Gasteiger partial charge is 0.245 e. The van der Waals surface area contributed by atoms with Gasteiger partial charge in [-0.2, -0.15) is 0 Å². The topological polar surface area (TPSA) is 104 Å². The number of nitrogens with zero attached hydrogens (tertiary/aromatic N) is 3. The Kier molecular flexibility index (Phi) is 10.7. The molecule has 0 spiro atoms. The minimum atomic E-state index is -0.658. The van der Waals surface area contributed by atoms with E-state index in [2.05, 4.69) is 46.0 Å². The molecule has 1 fully saturated rings. The van der Waals surface area contributed by atoms with Crippen molar-refractivity contribution < 1.29 is 9.59 Å². The number of piperazine rings is 1. The van der Waals surface area contributed by atoms with Crippen LogP contribution in [-0.2, 0) is 22.4 Å². The van der Waals surface area contributed by atoms with Gasteiger partial charge in [0.1, 0.15) is 11.9 Å². The highest BCUT2D eigenvalue weighted by Crippen LogP contribution is 2.25. The fraction of sp³-hybridized carbons (Fsp3) is 0.414. The molecular weight excluding hydrogens is 532 g/mol. The summed E-state index contributed by atoms with van der Waals surface area (Å²) in [6.45, 7) is 5.74. The van der Waals surface area contributed by atoms with Crippen LogP contribution in [-0.4, -0.2) is 67.0 Å². The van der Waals surface area contributed by atoms with Crippen LogP contribution in [0.15, 0.2) is 60.1 Å². The Hall–Kier alpha value is -2.98. The Morgan fingerprint density at radius 2 is 1.87 bits per heavy atom. The standard InChI is InChI=1S/C29H37ClN6O2S/c1-21(32-14-11-24-4-3-19-39-24)25-5-2-13-33-28(25)35-15-17-36(18-16-35)29(38)26(34-27(37)10-12-31)20-22-6-8-23(30)9-7-22/h2-9,13,19,21,26,32H,10-12,14-18,20,31H2,1H3,(H,34,37). The fourth-order valence-corrected chi connectivity index (χ4v) is 5.64. The van der Waals surface area contributed by atoms with Crippen LogP contribution in [0.2, 0.25) is 5.02 Å². The Morgan fingerprint density at radius 3 is 2.56 bits per heavy atom. The van der Waals surface area contributed by atoms with Gasteiger partial charge in [-0.05, 0) is 48.6 Å². The van der Waals surface area contributed by atoms with E-state index in [1.165, 1.54) is 4.88 Å². The molecule has 2 unspecified atom stereocenters. The molecule has 1 saturated heterocycles. The van der Waals surface area contributed by atoms with Crippen LogP contribution in [0, 0.1) is 0 Å². The van der Waals surface area contributed by atoms with E-state index in [4.69, 9.17) is 22.3 Å². The van der Waals surface area contributed by atoms with Crippen molar-refractivity contribution in [3.05, 3.63) is 81.1 Å². The minimum absolute atomic E-state index is 0.0835. The summed E-state index contributed by atoms with van der Waals surface area (Å²) < 4.78 is 0. The predicted octanol–water partition coefficient (Wildman–Crippen LogP) is 3.41. The average molecular weight is 569 g/mol. The zero-order valence-corrected chi connectivity index (χ0v) is 23.9. The summed E-state index contributed by atoms with van der Waals surface area (Å²) in [5, 5.41) is 9.27. The summed E-state index contributed by atoms with van der Waals surface area (Å²) in [6, 6.07) is 15.2. The maximum atomic E-state index is 13.6. The molecule has 0 radical (unpaired) electrons. The number of halogens is 1. The van der Waals surface area contributed by atoms with Crippen molar-refractivity contribution >= 4 is 40.6 Å². The number of anilines is 1. The molecule has 4 N–H and O–H groups in total. The highest BCUT2D eigenvalue weighted by atomic mass is 35.5. The number of hydrogen-bond donors (Lipinski definition) is 3. The lowest BCUT2D eigenvalue weighted by molar-refractivity contribution is -0.136. The van der Waals surface area contributed by atoms with Crippen LogP contribution in [0.1, 0.15) is 35.4 Å². The van der Waals surface area contributed by atoms with Gasteiger partial charge < -0.3 is 26.2 Å². The third-order valence-corrected chi connectivity index (χ3v) is 8.12. The molecule has 8 nitrogen and oxygen atoms in total. The molecule has 1 aliphatic rings. The Bertz CT molecular complexity index is 1200. The van der Waals surface area contributed by atoms with Gasteiger partial charge in [0.05, 0.1) is 0 Å². The maximum Gasteiger partial charge on any atom is 0.245 e. The summed E-state index contributed by atoms with van der Waals surface area (Å²) in [4.78, 5) is 36.1. The van der Waals surface area contributed by atoms with Crippen LogP contribution in [0.4, 0.5) is 5.82 Å². The summed E-state index contributed by atoms with van der Waals surface area (Å²) in [5.74, 6) is 0.650. The lowest BCUT2D eigenvalue weighted by Crippen LogP contribution is -2.56. The highest BCUT2D eigenvalue weighted by Gasteiger charge is 2.30. The molecule has 2 aromatic heterocycles. The van der Waals surface area contributed by atoms with Crippen molar-refractivity contribution in [2.24, 2.45) is 5.73 Å². The van der Waals surface area contributed by atoms with Gasteiger partial charge in [0.2, 0.25) is 11.8 Å². The quantitative estimate of drug-likeness (QED) is 0.309. The van der Waals surface area contributed by atoms with Gasteiger partial charge >= 0.3 is 0 Å². The molecule has 3 aromatic rings. The molecule has 1 aliphatic heterocycles. The van der Waals surface area contributed by atoms with E-state index in [0.717, 1.165) is 29.9 Å². The number of rotatable bonds is 12. The van der Waals surface area contributed by atoms with Crippen molar-refractivity contribution in [3.63, 3.8) is 0 Å². The average Bonchev–Trinajstić information content (AvgIpc) is 3.47. The minimum Gasteiger partial charge on any atom is -0.353 e. The molecule has 3 heterocycles. The van der Waals surface area contributed by atoms with Crippen molar-refractivity contribution in [1.29, 1.82) is 0 Å². The molecular formula is C29H37ClN6O2S. The zero-order chi connectivity index (χ0) is 27.6. The van der Waals surface area contributed by atoms with E-state index in [0.29, 0.717) is 37.6 Å². The molecule has 39 heavy (non-hydrogen) atoms. The third kappa shape index (κ3) is 8.25. The lowest BCUT2D eigenvalue weighted by atomic mass is 10.0. The number of hydrogen-bond acceptors (Lipinski definition) is 7. The molecule has 2 amide bonds. The number of carbonyl (C=O) groups excluding carboxylic acids is 2. The molecule has 0 bridgehead atoms. The van der Waals surface area contributed by atoms with Gasteiger partial charge in [0, 0.05) is 79.8 Å². The van der Waals surface area contributed by atoms with E-state index < -0.39 is 6.04 Å². The summed E-state index contributed by atoms with van der Waals surface area (Å²) in [6.07, 6.45) is 3.40. The number of nitrogens with two attached hydrogens (primary N) is 1. The molecule has 10 heteroatoms. The normalized spacial score (nSPS) is 15.2. The molecule has 208 valence electrons. The van der Waals surface area contributed by atoms with E-state index in [1.54, 1.807) is 23.5 Å². The predicted molar refractivity (Wildman–Crippen MR) is 158 cm³/mol. The molecule has 0 saturated carbocycles. The second kappa shape index (κ2) is 14.4. The summed E-state index contributed by atoms with van der Waals surface area (Å²) in [5.41, 5.74) is 7.64. The number of benzene rings is 1. The Balaban J connectivity index is 1.37. The largest absolute Gasteiger partial charge is 0.353 e. The summed E-state index contributed by atoms with van der Waals surface area (Å²) in [7, 11) is 0. The number of carbonyl (C=O) groups is 2. The molecule has 0 aliphatic carbocycles. The first kappa shape index (κ1) is 29.0. The SMILES string of the molecule is CC(NCCc1cccs1)c1cccnc1N1CCN(C(=O)C(Cc2ccc(Cl)cc2)NC(=O)CCN)CC1. The van der Waals surface area contributed by atoms with E-state index in [-0.39, 0.29) is 30.8 Å². The number of thiophene rings is 1. The van der Waals surface area contributed by atoms with Gasteiger partial charge in [-0.25, -0.2) is 4.98 Å². The van der Waals surface area contributed by atoms with Crippen LogP contribution in [0.5, 0.6) is 0 Å². The second-order valence-electron chi connectivity index (χ2n) is 9.72. The molecule has 2 atom stereocenters. The monoisotopic (exact) mass is 568 g/mol. The van der Waals surface area contributed by atoms with Gasteiger partial charge in [0.25, 0.3) is 0 Å². The lowest BCUT2D eigenvalue weighted by Gasteiger charge is -2.38. The van der Waals surface area contributed by atoms with Crippen LogP contribution < -0.4 is 21.3 Å². The van der Waals surface area contributed by atoms with Gasteiger partial charge in [-0.3, -0.25) is 9.59 Å². The van der Waals surface area contributed by atoms with Crippen molar-refractivity contribution in [2.75, 3.05) is 44.2 Å². The number of pyridine rings is 1. The number of aromatic nitrogens is 1. The van der Waals surface area contributed by atoms with Crippen molar-refractivity contribution in [3.8, 4) is 0 Å². The second-order valence-corrected chi connectivity index (χ2v) is 11.2. The first-order chi connectivity index (χ1) is 18.9. The van der Waals surface area contributed by atoms with Crippen LogP contribution in [0.25, 0.3) is 0 Å². The molecule has 1 aromatic carbocycles. The van der Waals surface area contributed by atoms with Crippen molar-refractivity contribution in [1.82, 2.24) is 20.5 Å². The van der Waals surface area contributed by atoms with Gasteiger partial charge in [0.15, 0.2) is 0 Å². The zero-order valence-electron chi connectivity index (χ0n) is 22.3. The number of nitrogens with one attached hydrogen (secondary N) is 2. The van der Waals surface area contributed by atoms with E-state index in [9.17, 15) is 9.59 Å². The maximum absolute atomic E-state index is 13.6. The Morgan fingerprint density at radius 1 is 1.10 bits per heavy atom. The van der Waals surface area contributed by atoms with Crippen LogP contribution in [0.3, 0.4) is 0 Å². The van der Waals surface area contributed by atoms with Crippen molar-refractivity contribution in [2.45, 2.75) is 38.3 Å². The van der Waals surface area contributed by atoms with E-state index in [1.807, 2.05) is 29.3 Å². The fourth-order valence-electron chi connectivity index (χ4n) is 4.80. The third-order valence-electron chi connectivity index (χ3n) is 6.93. The summed E-state index contributed by atoms with van der Waals surface area (Å²) >= 11 is 7.81. The van der Waals surface area contributed by atoms with Crippen LogP contribution >= 0.6 is 22.9 Å². The number of amides is 2. The first-order valence-corrected chi connectivity index (χ1v) is 14.7. The Labute approximate surface area is 239 Å². The van der Waals surface area contributed by atoms with Gasteiger partial charge in [-0.15, -0.1) is 11.3 Å². The molecule has 4 rings (SSSR count). The van der Waals surface area contributed by atoms with Gasteiger partial charge in [-0.1, -0.05) is 35.9 Å². The highest BCUT2D eigenvalue weighted by molar-refractivity contribution is 7.09. The van der Waals surface area contributed by atoms with E-state index >= 15 is 0 Å².